The van der Waals surface area contributed by atoms with Crippen molar-refractivity contribution in [1.29, 1.82) is 0 Å². The second kappa shape index (κ2) is 8.29. The molecule has 1 aliphatic heterocycles. The van der Waals surface area contributed by atoms with E-state index in [4.69, 9.17) is 11.6 Å². The maximum atomic E-state index is 13.0. The summed E-state index contributed by atoms with van der Waals surface area (Å²) in [7, 11) is -3.73. The first kappa shape index (κ1) is 20.7. The van der Waals surface area contributed by atoms with Crippen molar-refractivity contribution in [1.82, 2.24) is 14.6 Å². The molecule has 0 atom stereocenters. The number of benzene rings is 2. The third kappa shape index (κ3) is 4.45. The summed E-state index contributed by atoms with van der Waals surface area (Å²) in [6, 6.07) is 13.2. The Morgan fingerprint density at radius 2 is 1.77 bits per heavy atom. The summed E-state index contributed by atoms with van der Waals surface area (Å²) in [5.41, 5.74) is 1.27. The topological polar surface area (TPSA) is 79.4 Å². The molecule has 9 heteroatoms. The highest BCUT2D eigenvalue weighted by atomic mass is 35.5. The third-order valence-corrected chi connectivity index (χ3v) is 6.88. The summed E-state index contributed by atoms with van der Waals surface area (Å²) in [5, 5.41) is 1.22. The van der Waals surface area contributed by atoms with Crippen LogP contribution in [0.4, 0.5) is 4.39 Å². The van der Waals surface area contributed by atoms with Gasteiger partial charge in [-0.3, -0.25) is 4.79 Å². The molecule has 4 rings (SSSR count). The highest BCUT2D eigenvalue weighted by Crippen LogP contribution is 2.21. The number of hydrogen-bond acceptors (Lipinski definition) is 4. The van der Waals surface area contributed by atoms with E-state index in [2.05, 4.69) is 9.71 Å². The summed E-state index contributed by atoms with van der Waals surface area (Å²) >= 11 is 5.90. The number of likely N-dealkylation sites (tertiary alicyclic amines) is 1. The van der Waals surface area contributed by atoms with Gasteiger partial charge in [0.15, 0.2) is 0 Å². The first-order valence-electron chi connectivity index (χ1n) is 9.45. The number of rotatable bonds is 4. The second-order valence-electron chi connectivity index (χ2n) is 7.18. The SMILES string of the molecule is O=C(c1ccc2nc(Cl)ccc2c1)N1CCC(NS(=O)(=O)c2ccc(F)cc2)CC1. The zero-order valence-corrected chi connectivity index (χ0v) is 17.5. The molecular formula is C21H19ClFN3O3S. The maximum Gasteiger partial charge on any atom is 0.253 e. The van der Waals surface area contributed by atoms with E-state index in [-0.39, 0.29) is 16.8 Å². The molecule has 0 saturated carbocycles. The average molecular weight is 448 g/mol. The van der Waals surface area contributed by atoms with Crippen molar-refractivity contribution in [3.8, 4) is 0 Å². The molecule has 3 aromatic rings. The lowest BCUT2D eigenvalue weighted by molar-refractivity contribution is 0.0711. The predicted molar refractivity (Wildman–Crippen MR) is 112 cm³/mol. The van der Waals surface area contributed by atoms with Gasteiger partial charge in [0, 0.05) is 30.1 Å². The molecule has 1 aromatic heterocycles. The van der Waals surface area contributed by atoms with Gasteiger partial charge in [0.05, 0.1) is 10.4 Å². The van der Waals surface area contributed by atoms with Crippen molar-refractivity contribution in [2.24, 2.45) is 0 Å². The highest BCUT2D eigenvalue weighted by Gasteiger charge is 2.27. The van der Waals surface area contributed by atoms with Gasteiger partial charge in [-0.15, -0.1) is 0 Å². The minimum Gasteiger partial charge on any atom is -0.339 e. The Balaban J connectivity index is 1.40. The average Bonchev–Trinajstić information content (AvgIpc) is 2.73. The molecule has 0 radical (unpaired) electrons. The number of aromatic nitrogens is 1. The van der Waals surface area contributed by atoms with Crippen molar-refractivity contribution in [3.05, 3.63) is 71.1 Å². The summed E-state index contributed by atoms with van der Waals surface area (Å²) < 4.78 is 40.6. The lowest BCUT2D eigenvalue weighted by atomic mass is 10.0. The van der Waals surface area contributed by atoms with Crippen LogP contribution < -0.4 is 4.72 Å². The number of pyridine rings is 1. The molecule has 1 fully saturated rings. The molecular weight excluding hydrogens is 429 g/mol. The molecule has 1 saturated heterocycles. The number of nitrogens with one attached hydrogen (secondary N) is 1. The van der Waals surface area contributed by atoms with Gasteiger partial charge in [0.2, 0.25) is 10.0 Å². The number of amides is 1. The molecule has 156 valence electrons. The van der Waals surface area contributed by atoms with Crippen LogP contribution in [0.1, 0.15) is 23.2 Å². The smallest absolute Gasteiger partial charge is 0.253 e. The Labute approximate surface area is 178 Å². The molecule has 1 aliphatic rings. The van der Waals surface area contributed by atoms with Crippen molar-refractivity contribution in [3.63, 3.8) is 0 Å². The Hall–Kier alpha value is -2.55. The quantitative estimate of drug-likeness (QED) is 0.619. The van der Waals surface area contributed by atoms with Crippen LogP contribution in [0.15, 0.2) is 59.5 Å². The lowest BCUT2D eigenvalue weighted by Crippen LogP contribution is -2.46. The van der Waals surface area contributed by atoms with E-state index in [0.29, 0.717) is 42.2 Å². The summed E-state index contributed by atoms with van der Waals surface area (Å²) in [6.45, 7) is 0.874. The van der Waals surface area contributed by atoms with Gasteiger partial charge in [-0.2, -0.15) is 0 Å². The van der Waals surface area contributed by atoms with E-state index in [0.717, 1.165) is 17.5 Å². The van der Waals surface area contributed by atoms with Crippen LogP contribution in [-0.2, 0) is 10.0 Å². The number of carbonyl (C=O) groups excluding carboxylic acids is 1. The Morgan fingerprint density at radius 1 is 1.07 bits per heavy atom. The second-order valence-corrected chi connectivity index (χ2v) is 9.28. The largest absolute Gasteiger partial charge is 0.339 e. The fourth-order valence-electron chi connectivity index (χ4n) is 3.52. The molecule has 0 unspecified atom stereocenters. The van der Waals surface area contributed by atoms with E-state index < -0.39 is 15.8 Å². The van der Waals surface area contributed by atoms with Crippen molar-refractivity contribution in [2.45, 2.75) is 23.8 Å². The normalized spacial score (nSPS) is 15.5. The predicted octanol–water partition coefficient (Wildman–Crippen LogP) is 3.61. The Bertz CT molecular complexity index is 1190. The molecule has 2 aromatic carbocycles. The lowest BCUT2D eigenvalue weighted by Gasteiger charge is -2.32. The minimum absolute atomic E-state index is 0.0206. The molecule has 0 aliphatic carbocycles. The minimum atomic E-state index is -3.73. The standard InChI is InChI=1S/C21H19ClFN3O3S/c22-20-8-2-14-13-15(1-7-19(14)24-20)21(27)26-11-9-17(10-12-26)25-30(28,29)18-5-3-16(23)4-6-18/h1-8,13,17,25H,9-12H2. The van der Waals surface area contributed by atoms with Crippen LogP contribution in [0, 0.1) is 5.82 Å². The van der Waals surface area contributed by atoms with Crippen molar-refractivity contribution < 1.29 is 17.6 Å². The molecule has 2 heterocycles. The van der Waals surface area contributed by atoms with Crippen LogP contribution in [0.2, 0.25) is 5.15 Å². The maximum absolute atomic E-state index is 13.0. The van der Waals surface area contributed by atoms with Gasteiger partial charge in [-0.25, -0.2) is 22.5 Å². The number of piperidine rings is 1. The van der Waals surface area contributed by atoms with Crippen molar-refractivity contribution >= 4 is 38.4 Å². The number of hydrogen-bond donors (Lipinski definition) is 1. The van der Waals surface area contributed by atoms with Gasteiger partial charge in [0.25, 0.3) is 5.91 Å². The molecule has 0 bridgehead atoms. The van der Waals surface area contributed by atoms with Crippen LogP contribution in [-0.4, -0.2) is 43.3 Å². The zero-order chi connectivity index (χ0) is 21.3. The summed E-state index contributed by atoms with van der Waals surface area (Å²) in [4.78, 5) is 18.8. The van der Waals surface area contributed by atoms with E-state index in [1.54, 1.807) is 29.2 Å². The third-order valence-electron chi connectivity index (χ3n) is 5.13. The van der Waals surface area contributed by atoms with Crippen LogP contribution in [0.5, 0.6) is 0 Å². The molecule has 6 nitrogen and oxygen atoms in total. The zero-order valence-electron chi connectivity index (χ0n) is 15.9. The molecule has 30 heavy (non-hydrogen) atoms. The molecule has 1 amide bonds. The van der Waals surface area contributed by atoms with E-state index in [1.807, 2.05) is 6.07 Å². The van der Waals surface area contributed by atoms with Gasteiger partial charge in [-0.1, -0.05) is 11.6 Å². The van der Waals surface area contributed by atoms with Crippen LogP contribution >= 0.6 is 11.6 Å². The highest BCUT2D eigenvalue weighted by molar-refractivity contribution is 7.89. The van der Waals surface area contributed by atoms with E-state index in [1.165, 1.54) is 12.1 Å². The molecule has 1 N–H and O–H groups in total. The molecule has 0 spiro atoms. The van der Waals surface area contributed by atoms with Gasteiger partial charge in [-0.05, 0) is 67.4 Å². The van der Waals surface area contributed by atoms with E-state index in [9.17, 15) is 17.6 Å². The summed E-state index contributed by atoms with van der Waals surface area (Å²) in [5.74, 6) is -0.597. The number of carbonyl (C=O) groups is 1. The number of nitrogens with zero attached hydrogens (tertiary/aromatic N) is 2. The first-order valence-corrected chi connectivity index (χ1v) is 11.3. The Kier molecular flexibility index (Phi) is 5.73. The van der Waals surface area contributed by atoms with E-state index >= 15 is 0 Å². The van der Waals surface area contributed by atoms with Crippen LogP contribution in [0.3, 0.4) is 0 Å². The van der Waals surface area contributed by atoms with Crippen LogP contribution in [0.25, 0.3) is 10.9 Å². The monoisotopic (exact) mass is 447 g/mol. The first-order chi connectivity index (χ1) is 14.3. The number of fused-ring (bicyclic) bond motifs is 1. The number of sulfonamides is 1. The van der Waals surface area contributed by atoms with Gasteiger partial charge in [0.1, 0.15) is 11.0 Å². The van der Waals surface area contributed by atoms with Gasteiger partial charge >= 0.3 is 0 Å². The summed E-state index contributed by atoms with van der Waals surface area (Å²) in [6.07, 6.45) is 0.994. The Morgan fingerprint density at radius 3 is 2.47 bits per heavy atom. The fraction of sp³-hybridized carbons (Fsp3) is 0.238. The number of halogens is 2. The fourth-order valence-corrected chi connectivity index (χ4v) is 4.98. The van der Waals surface area contributed by atoms with Crippen molar-refractivity contribution in [2.75, 3.05) is 13.1 Å². The van der Waals surface area contributed by atoms with Gasteiger partial charge < -0.3 is 4.90 Å².